The van der Waals surface area contributed by atoms with Crippen molar-refractivity contribution in [3.8, 4) is 0 Å². The molecule has 58 valence electrons. The lowest BCUT2D eigenvalue weighted by Gasteiger charge is -2.32. The molecule has 0 N–H and O–H groups in total. The summed E-state index contributed by atoms with van der Waals surface area (Å²) in [5.41, 5.74) is 0.273. The minimum absolute atomic E-state index is 0.273. The number of carbonyl (C=O) groups is 1. The first-order valence-electron chi connectivity index (χ1n) is 4.01. The Bertz CT molecular complexity index is 147. The molecule has 1 rings (SSSR count). The van der Waals surface area contributed by atoms with Crippen LogP contribution in [0.2, 0.25) is 0 Å². The molecule has 0 aromatic heterocycles. The van der Waals surface area contributed by atoms with E-state index in [1.807, 2.05) is 0 Å². The van der Waals surface area contributed by atoms with Crippen molar-refractivity contribution in [2.75, 3.05) is 0 Å². The molecule has 1 aliphatic carbocycles. The minimum Gasteiger partial charge on any atom is -0.300 e. The van der Waals surface area contributed by atoms with E-state index in [9.17, 15) is 4.79 Å². The van der Waals surface area contributed by atoms with Crippen molar-refractivity contribution < 1.29 is 4.79 Å². The van der Waals surface area contributed by atoms with Crippen molar-refractivity contribution in [1.29, 1.82) is 0 Å². The van der Waals surface area contributed by atoms with Crippen LogP contribution in [0.4, 0.5) is 0 Å². The van der Waals surface area contributed by atoms with Gasteiger partial charge in [0.1, 0.15) is 5.78 Å². The van der Waals surface area contributed by atoms with Gasteiger partial charge in [-0.3, -0.25) is 4.79 Å². The molecule has 0 heterocycles. The molecule has 0 bridgehead atoms. The zero-order chi connectivity index (χ0) is 7.78. The predicted octanol–water partition coefficient (Wildman–Crippen LogP) is 2.40. The first kappa shape index (κ1) is 7.77. The van der Waals surface area contributed by atoms with Crippen LogP contribution in [0.1, 0.15) is 40.0 Å². The Morgan fingerprint density at radius 3 is 2.50 bits per heavy atom. The molecule has 0 unspecified atom stereocenters. The second-order valence-electron chi connectivity index (χ2n) is 4.39. The average Bonchev–Trinajstić information content (AvgIpc) is 1.54. The van der Waals surface area contributed by atoms with E-state index in [-0.39, 0.29) is 5.41 Å². The monoisotopic (exact) mass is 140 g/mol. The number of rotatable bonds is 0. The molecule has 0 aliphatic heterocycles. The Labute approximate surface area is 62.8 Å². The van der Waals surface area contributed by atoms with Gasteiger partial charge in [-0.1, -0.05) is 20.8 Å². The van der Waals surface area contributed by atoms with Gasteiger partial charge < -0.3 is 0 Å². The summed E-state index contributed by atoms with van der Waals surface area (Å²) in [6.45, 7) is 6.53. The normalized spacial score (nSPS) is 32.3. The van der Waals surface area contributed by atoms with Gasteiger partial charge in [-0.2, -0.15) is 0 Å². The summed E-state index contributed by atoms with van der Waals surface area (Å²) in [7, 11) is 0. The topological polar surface area (TPSA) is 17.1 Å². The van der Waals surface area contributed by atoms with Crippen LogP contribution in [0, 0.1) is 11.3 Å². The van der Waals surface area contributed by atoms with E-state index in [2.05, 4.69) is 20.8 Å². The first-order valence-corrected chi connectivity index (χ1v) is 4.01. The summed E-state index contributed by atoms with van der Waals surface area (Å²) in [4.78, 5) is 11.1. The van der Waals surface area contributed by atoms with E-state index in [0.29, 0.717) is 11.7 Å². The van der Waals surface area contributed by atoms with E-state index < -0.39 is 0 Å². The van der Waals surface area contributed by atoms with Gasteiger partial charge in [-0.05, 0) is 17.8 Å². The fourth-order valence-corrected chi connectivity index (χ4v) is 2.08. The van der Waals surface area contributed by atoms with Gasteiger partial charge in [0.2, 0.25) is 0 Å². The lowest BCUT2D eigenvalue weighted by Crippen LogP contribution is -2.27. The quantitative estimate of drug-likeness (QED) is 0.505. The highest BCUT2D eigenvalue weighted by atomic mass is 16.1. The molecule has 1 fully saturated rings. The van der Waals surface area contributed by atoms with Gasteiger partial charge in [-0.15, -0.1) is 0 Å². The molecule has 1 saturated carbocycles. The van der Waals surface area contributed by atoms with Crippen molar-refractivity contribution in [2.24, 2.45) is 11.3 Å². The Morgan fingerprint density at radius 1 is 1.50 bits per heavy atom. The molecule has 1 aliphatic rings. The van der Waals surface area contributed by atoms with Gasteiger partial charge in [0.15, 0.2) is 0 Å². The molecule has 1 atom stereocenters. The third-order valence-corrected chi connectivity index (χ3v) is 2.15. The zero-order valence-corrected chi connectivity index (χ0v) is 7.11. The lowest BCUT2D eigenvalue weighted by molar-refractivity contribution is -0.124. The first-order chi connectivity index (χ1) is 4.49. The van der Waals surface area contributed by atoms with E-state index >= 15 is 0 Å². The molecule has 0 amide bonds. The van der Waals surface area contributed by atoms with Crippen LogP contribution in [-0.4, -0.2) is 5.78 Å². The van der Waals surface area contributed by atoms with E-state index in [1.54, 1.807) is 0 Å². The summed E-state index contributed by atoms with van der Waals surface area (Å²) in [5.74, 6) is 1.06. The van der Waals surface area contributed by atoms with E-state index in [0.717, 1.165) is 12.8 Å². The van der Waals surface area contributed by atoms with E-state index in [1.165, 1.54) is 6.42 Å². The average molecular weight is 140 g/mol. The molecule has 10 heavy (non-hydrogen) atoms. The van der Waals surface area contributed by atoms with Crippen molar-refractivity contribution >= 4 is 5.78 Å². The highest BCUT2D eigenvalue weighted by molar-refractivity contribution is 5.80. The predicted molar refractivity (Wildman–Crippen MR) is 41.8 cm³/mol. The summed E-state index contributed by atoms with van der Waals surface area (Å²) in [6.07, 6.45) is 2.81. The molecule has 0 aromatic rings. The van der Waals surface area contributed by atoms with Crippen molar-refractivity contribution in [3.63, 3.8) is 0 Å². The third-order valence-electron chi connectivity index (χ3n) is 2.15. The number of ketones is 1. The van der Waals surface area contributed by atoms with Gasteiger partial charge in [-0.25, -0.2) is 0 Å². The number of hydrogen-bond acceptors (Lipinski definition) is 1. The second kappa shape index (κ2) is 2.37. The Balaban J connectivity index is 2.59. The molecule has 0 aromatic carbocycles. The molecular formula is C9H16O. The maximum atomic E-state index is 11.1. The fourth-order valence-electron chi connectivity index (χ4n) is 2.08. The van der Waals surface area contributed by atoms with Crippen LogP contribution >= 0.6 is 0 Å². The SMILES string of the molecule is C[C@@H]1CC(=O)CC(C)(C)C1. The second-order valence-corrected chi connectivity index (χ2v) is 4.39. The summed E-state index contributed by atoms with van der Waals surface area (Å²) in [5, 5.41) is 0. The lowest BCUT2D eigenvalue weighted by atomic mass is 9.72. The van der Waals surface area contributed by atoms with Crippen molar-refractivity contribution in [1.82, 2.24) is 0 Å². The van der Waals surface area contributed by atoms with Crippen molar-refractivity contribution in [3.05, 3.63) is 0 Å². The largest absolute Gasteiger partial charge is 0.300 e. The van der Waals surface area contributed by atoms with Crippen LogP contribution in [0.3, 0.4) is 0 Å². The highest BCUT2D eigenvalue weighted by Gasteiger charge is 2.30. The van der Waals surface area contributed by atoms with Crippen LogP contribution in [0.5, 0.6) is 0 Å². The smallest absolute Gasteiger partial charge is 0.133 e. The van der Waals surface area contributed by atoms with Crippen molar-refractivity contribution in [2.45, 2.75) is 40.0 Å². The number of Topliss-reactive ketones (excluding diaryl/α,β-unsaturated/α-hetero) is 1. The third kappa shape index (κ3) is 1.83. The molecule has 0 spiro atoms. The standard InChI is InChI=1S/C9H16O/c1-7-4-8(10)6-9(2,3)5-7/h7H,4-6H2,1-3H3/t7-/m1/s1. The van der Waals surface area contributed by atoms with Crippen LogP contribution in [-0.2, 0) is 4.79 Å². The summed E-state index contributed by atoms with van der Waals surface area (Å²) in [6, 6.07) is 0. The molecule has 0 saturated heterocycles. The van der Waals surface area contributed by atoms with Crippen LogP contribution in [0.25, 0.3) is 0 Å². The van der Waals surface area contributed by atoms with Crippen LogP contribution < -0.4 is 0 Å². The molecule has 1 nitrogen and oxygen atoms in total. The Morgan fingerprint density at radius 2 is 2.10 bits per heavy atom. The summed E-state index contributed by atoms with van der Waals surface area (Å²) < 4.78 is 0. The molecular weight excluding hydrogens is 124 g/mol. The molecule has 0 radical (unpaired) electrons. The maximum absolute atomic E-state index is 11.1. The van der Waals surface area contributed by atoms with Gasteiger partial charge in [0.25, 0.3) is 0 Å². The summed E-state index contributed by atoms with van der Waals surface area (Å²) >= 11 is 0. The number of carbonyl (C=O) groups excluding carboxylic acids is 1. The molecule has 1 heteroatoms. The number of hydrogen-bond donors (Lipinski definition) is 0. The highest BCUT2D eigenvalue weighted by Crippen LogP contribution is 2.36. The Hall–Kier alpha value is -0.330. The van der Waals surface area contributed by atoms with Crippen LogP contribution in [0.15, 0.2) is 0 Å². The van der Waals surface area contributed by atoms with Gasteiger partial charge in [0, 0.05) is 12.8 Å². The Kier molecular flexibility index (Phi) is 1.84. The van der Waals surface area contributed by atoms with Gasteiger partial charge in [0.05, 0.1) is 0 Å². The minimum atomic E-state index is 0.273. The fraction of sp³-hybridized carbons (Fsp3) is 0.889. The van der Waals surface area contributed by atoms with E-state index in [4.69, 9.17) is 0 Å². The van der Waals surface area contributed by atoms with Gasteiger partial charge >= 0.3 is 0 Å². The maximum Gasteiger partial charge on any atom is 0.133 e. The zero-order valence-electron chi connectivity index (χ0n) is 7.11.